The third-order valence-electron chi connectivity index (χ3n) is 5.04. The molecule has 0 unspecified atom stereocenters. The molecule has 0 bridgehead atoms. The van der Waals surface area contributed by atoms with Gasteiger partial charge in [-0.3, -0.25) is 0 Å². The minimum atomic E-state index is 1.17. The molecule has 0 aliphatic carbocycles. The normalized spacial score (nSPS) is 11.0. The van der Waals surface area contributed by atoms with Gasteiger partial charge in [0.25, 0.3) is 0 Å². The third kappa shape index (κ3) is 12.0. The lowest BCUT2D eigenvalue weighted by atomic mass is 10.1. The van der Waals surface area contributed by atoms with Crippen LogP contribution in [0, 0.1) is 0 Å². The second kappa shape index (κ2) is 16.4. The molecule has 1 heterocycles. The molecule has 144 valence electrons. The quantitative estimate of drug-likeness (QED) is 0.273. The lowest BCUT2D eigenvalue weighted by Crippen LogP contribution is -2.26. The molecular weight excluding hydrogens is 304 g/mol. The van der Waals surface area contributed by atoms with Crippen molar-refractivity contribution in [3.05, 3.63) is 24.4 Å². The Kier molecular flexibility index (Phi) is 14.4. The number of anilines is 1. The second-order valence-electron chi connectivity index (χ2n) is 7.42. The Bertz CT molecular complexity index is 359. The van der Waals surface area contributed by atoms with E-state index in [1.165, 1.54) is 109 Å². The number of nitrogens with zero attached hydrogens (tertiary/aromatic N) is 2. The van der Waals surface area contributed by atoms with Crippen LogP contribution in [0.2, 0.25) is 0 Å². The Morgan fingerprint density at radius 3 is 1.56 bits per heavy atom. The predicted molar refractivity (Wildman–Crippen MR) is 112 cm³/mol. The van der Waals surface area contributed by atoms with Gasteiger partial charge >= 0.3 is 0 Å². The van der Waals surface area contributed by atoms with Gasteiger partial charge in [-0.15, -0.1) is 0 Å². The van der Waals surface area contributed by atoms with Crippen LogP contribution in [0.25, 0.3) is 0 Å². The molecular formula is C23H42N2. The number of rotatable bonds is 17. The minimum Gasteiger partial charge on any atom is -0.357 e. The van der Waals surface area contributed by atoms with E-state index in [1.807, 2.05) is 12.3 Å². The van der Waals surface area contributed by atoms with E-state index in [4.69, 9.17) is 0 Å². The van der Waals surface area contributed by atoms with Crippen molar-refractivity contribution >= 4 is 5.82 Å². The molecule has 2 nitrogen and oxygen atoms in total. The predicted octanol–water partition coefficient (Wildman–Crippen LogP) is 7.39. The van der Waals surface area contributed by atoms with E-state index < -0.39 is 0 Å². The van der Waals surface area contributed by atoms with Crippen molar-refractivity contribution < 1.29 is 0 Å². The van der Waals surface area contributed by atoms with Crippen molar-refractivity contribution in [2.24, 2.45) is 0 Å². The van der Waals surface area contributed by atoms with Crippen LogP contribution in [-0.4, -0.2) is 18.1 Å². The molecule has 0 radical (unpaired) electrons. The van der Waals surface area contributed by atoms with Crippen LogP contribution < -0.4 is 4.90 Å². The summed E-state index contributed by atoms with van der Waals surface area (Å²) in [6.07, 6.45) is 21.2. The first-order valence-electron chi connectivity index (χ1n) is 11.0. The molecule has 25 heavy (non-hydrogen) atoms. The van der Waals surface area contributed by atoms with Gasteiger partial charge in [0.1, 0.15) is 5.82 Å². The summed E-state index contributed by atoms with van der Waals surface area (Å²) in [5, 5.41) is 0. The minimum absolute atomic E-state index is 1.17. The zero-order valence-corrected chi connectivity index (χ0v) is 17.0. The maximum Gasteiger partial charge on any atom is 0.128 e. The van der Waals surface area contributed by atoms with E-state index in [2.05, 4.69) is 35.9 Å². The van der Waals surface area contributed by atoms with E-state index in [-0.39, 0.29) is 0 Å². The van der Waals surface area contributed by atoms with Crippen molar-refractivity contribution in [2.45, 2.75) is 104 Å². The van der Waals surface area contributed by atoms with Crippen LogP contribution in [0.5, 0.6) is 0 Å². The number of hydrogen-bond donors (Lipinski definition) is 0. The van der Waals surface area contributed by atoms with E-state index >= 15 is 0 Å². The zero-order valence-electron chi connectivity index (χ0n) is 17.0. The van der Waals surface area contributed by atoms with Crippen LogP contribution in [0.3, 0.4) is 0 Å². The number of hydrogen-bond acceptors (Lipinski definition) is 2. The fraction of sp³-hybridized carbons (Fsp3) is 0.783. The van der Waals surface area contributed by atoms with Gasteiger partial charge in [0.05, 0.1) is 0 Å². The van der Waals surface area contributed by atoms with Gasteiger partial charge in [0, 0.05) is 19.3 Å². The molecule has 0 amide bonds. The summed E-state index contributed by atoms with van der Waals surface area (Å²) in [4.78, 5) is 7.10. The molecule has 0 aliphatic heterocycles. The van der Waals surface area contributed by atoms with Crippen LogP contribution in [0.1, 0.15) is 104 Å². The molecule has 0 atom stereocenters. The Balaban J connectivity index is 2.21. The first-order chi connectivity index (χ1) is 12.4. The smallest absolute Gasteiger partial charge is 0.128 e. The van der Waals surface area contributed by atoms with Crippen LogP contribution in [0.4, 0.5) is 5.82 Å². The Labute approximate surface area is 157 Å². The first-order valence-corrected chi connectivity index (χ1v) is 11.0. The van der Waals surface area contributed by atoms with Crippen molar-refractivity contribution in [2.75, 3.05) is 18.0 Å². The van der Waals surface area contributed by atoms with Crippen molar-refractivity contribution in [3.8, 4) is 0 Å². The average molecular weight is 347 g/mol. The van der Waals surface area contributed by atoms with Gasteiger partial charge in [-0.1, -0.05) is 97.0 Å². The maximum atomic E-state index is 4.58. The van der Waals surface area contributed by atoms with E-state index in [9.17, 15) is 0 Å². The molecule has 2 heteroatoms. The molecule has 1 aromatic rings. The van der Waals surface area contributed by atoms with Gasteiger partial charge in [-0.05, 0) is 25.0 Å². The Hall–Kier alpha value is -1.05. The molecule has 0 spiro atoms. The summed E-state index contributed by atoms with van der Waals surface area (Å²) >= 11 is 0. The molecule has 0 saturated carbocycles. The van der Waals surface area contributed by atoms with Crippen molar-refractivity contribution in [1.82, 2.24) is 4.98 Å². The Morgan fingerprint density at radius 1 is 0.640 bits per heavy atom. The molecule has 1 rings (SSSR count). The highest BCUT2D eigenvalue weighted by Gasteiger charge is 2.07. The van der Waals surface area contributed by atoms with E-state index in [0.717, 1.165) is 0 Å². The second-order valence-corrected chi connectivity index (χ2v) is 7.42. The highest BCUT2D eigenvalue weighted by molar-refractivity contribution is 5.37. The lowest BCUT2D eigenvalue weighted by Gasteiger charge is -2.23. The molecule has 1 aromatic heterocycles. The van der Waals surface area contributed by atoms with E-state index in [1.54, 1.807) is 0 Å². The van der Waals surface area contributed by atoms with Crippen molar-refractivity contribution in [1.29, 1.82) is 0 Å². The van der Waals surface area contributed by atoms with Gasteiger partial charge in [-0.25, -0.2) is 4.98 Å². The van der Waals surface area contributed by atoms with Gasteiger partial charge in [0.15, 0.2) is 0 Å². The average Bonchev–Trinajstić information content (AvgIpc) is 2.65. The van der Waals surface area contributed by atoms with Crippen LogP contribution in [0.15, 0.2) is 24.4 Å². The van der Waals surface area contributed by atoms with Crippen LogP contribution >= 0.6 is 0 Å². The maximum absolute atomic E-state index is 4.58. The number of unbranched alkanes of at least 4 members (excludes halogenated alkanes) is 12. The summed E-state index contributed by atoms with van der Waals surface area (Å²) in [7, 11) is 0. The lowest BCUT2D eigenvalue weighted by molar-refractivity contribution is 0.562. The standard InChI is InChI=1S/C23H42N2/c1-3-5-7-9-11-13-17-21-25(23-19-15-16-20-24-23)22-18-14-12-10-8-6-4-2/h15-16,19-20H,3-14,17-18,21-22H2,1-2H3. The fourth-order valence-corrected chi connectivity index (χ4v) is 3.40. The SMILES string of the molecule is CCCCCCCCCN(CCCCCCCCC)c1ccccn1. The van der Waals surface area contributed by atoms with Gasteiger partial charge in [-0.2, -0.15) is 0 Å². The molecule has 0 aromatic carbocycles. The summed E-state index contributed by atoms with van der Waals surface area (Å²) in [5.74, 6) is 1.17. The summed E-state index contributed by atoms with van der Waals surface area (Å²) in [6, 6.07) is 6.30. The summed E-state index contributed by atoms with van der Waals surface area (Å²) in [6.45, 7) is 6.91. The third-order valence-corrected chi connectivity index (χ3v) is 5.04. The molecule has 0 fully saturated rings. The fourth-order valence-electron chi connectivity index (χ4n) is 3.40. The zero-order chi connectivity index (χ0) is 18.0. The number of pyridine rings is 1. The largest absolute Gasteiger partial charge is 0.357 e. The number of aromatic nitrogens is 1. The topological polar surface area (TPSA) is 16.1 Å². The summed E-state index contributed by atoms with van der Waals surface area (Å²) < 4.78 is 0. The van der Waals surface area contributed by atoms with Crippen molar-refractivity contribution in [3.63, 3.8) is 0 Å². The Morgan fingerprint density at radius 2 is 1.12 bits per heavy atom. The van der Waals surface area contributed by atoms with Gasteiger partial charge in [0.2, 0.25) is 0 Å². The monoisotopic (exact) mass is 346 g/mol. The van der Waals surface area contributed by atoms with Crippen LogP contribution in [-0.2, 0) is 0 Å². The first kappa shape index (κ1) is 22.0. The van der Waals surface area contributed by atoms with Gasteiger partial charge < -0.3 is 4.90 Å². The molecule has 0 aliphatic rings. The summed E-state index contributed by atoms with van der Waals surface area (Å²) in [5.41, 5.74) is 0. The highest BCUT2D eigenvalue weighted by atomic mass is 15.2. The molecule has 0 N–H and O–H groups in total. The van der Waals surface area contributed by atoms with E-state index in [0.29, 0.717) is 0 Å². The highest BCUT2D eigenvalue weighted by Crippen LogP contribution is 2.15. The molecule has 0 saturated heterocycles.